The second-order valence-corrected chi connectivity index (χ2v) is 7.73. The Bertz CT molecular complexity index is 1300. The summed E-state index contributed by atoms with van der Waals surface area (Å²) < 4.78 is 1.97. The fourth-order valence-electron chi connectivity index (χ4n) is 3.26. The van der Waals surface area contributed by atoms with Crippen LogP contribution in [0.2, 0.25) is 0 Å². The van der Waals surface area contributed by atoms with Crippen molar-refractivity contribution in [2.75, 3.05) is 11.1 Å². The van der Waals surface area contributed by atoms with E-state index in [1.165, 1.54) is 11.8 Å². The van der Waals surface area contributed by atoms with E-state index in [4.69, 9.17) is 0 Å². The van der Waals surface area contributed by atoms with Crippen LogP contribution in [0, 0.1) is 0 Å². The topological polar surface area (TPSA) is 88.5 Å². The molecule has 0 saturated carbocycles. The van der Waals surface area contributed by atoms with E-state index in [9.17, 15) is 4.79 Å². The van der Waals surface area contributed by atoms with Gasteiger partial charge >= 0.3 is 0 Å². The lowest BCUT2D eigenvalue weighted by atomic mass is 10.2. The third-order valence-electron chi connectivity index (χ3n) is 4.66. The predicted octanol–water partition coefficient (Wildman–Crippen LogP) is 4.54. The number of carbonyl (C=O) groups excluding carboxylic acids is 1. The van der Waals surface area contributed by atoms with Crippen LogP contribution in [-0.2, 0) is 4.79 Å². The minimum absolute atomic E-state index is 0.173. The van der Waals surface area contributed by atoms with Gasteiger partial charge in [0, 0.05) is 11.3 Å². The van der Waals surface area contributed by atoms with Crippen molar-refractivity contribution in [2.45, 2.75) is 5.16 Å². The fourth-order valence-corrected chi connectivity index (χ4v) is 4.01. The minimum atomic E-state index is -0.173. The van der Waals surface area contributed by atoms with Gasteiger partial charge in [-0.1, -0.05) is 72.4 Å². The highest BCUT2D eigenvalue weighted by Gasteiger charge is 2.17. The summed E-state index contributed by atoms with van der Waals surface area (Å²) in [6.07, 6.45) is 0. The Balaban J connectivity index is 1.37. The normalized spacial score (nSPS) is 11.0. The maximum atomic E-state index is 12.5. The Morgan fingerprint density at radius 2 is 1.61 bits per heavy atom. The Morgan fingerprint density at radius 1 is 0.903 bits per heavy atom. The van der Waals surface area contributed by atoms with Crippen molar-refractivity contribution in [3.63, 3.8) is 0 Å². The number of aromatic nitrogens is 5. The molecule has 8 heteroatoms. The van der Waals surface area contributed by atoms with Gasteiger partial charge in [-0.25, -0.2) is 4.98 Å². The van der Waals surface area contributed by atoms with E-state index >= 15 is 0 Å². The van der Waals surface area contributed by atoms with E-state index in [1.807, 2.05) is 89.5 Å². The molecular weight excluding hydrogens is 408 g/mol. The van der Waals surface area contributed by atoms with Crippen molar-refractivity contribution in [1.82, 2.24) is 24.7 Å². The molecule has 31 heavy (non-hydrogen) atoms. The molecule has 0 spiro atoms. The van der Waals surface area contributed by atoms with E-state index < -0.39 is 0 Å². The fraction of sp³-hybridized carbons (Fsp3) is 0.0435. The summed E-state index contributed by atoms with van der Waals surface area (Å²) in [7, 11) is 0. The van der Waals surface area contributed by atoms with Crippen LogP contribution in [0.4, 0.5) is 5.95 Å². The van der Waals surface area contributed by atoms with E-state index in [1.54, 1.807) is 0 Å². The molecule has 5 aromatic rings. The molecule has 2 N–H and O–H groups in total. The van der Waals surface area contributed by atoms with Crippen molar-refractivity contribution >= 4 is 34.7 Å². The number of anilines is 1. The van der Waals surface area contributed by atoms with Crippen molar-refractivity contribution in [1.29, 1.82) is 0 Å². The number of fused-ring (bicyclic) bond motifs is 1. The smallest absolute Gasteiger partial charge is 0.237 e. The van der Waals surface area contributed by atoms with E-state index in [2.05, 4.69) is 25.5 Å². The number of carbonyl (C=O) groups is 1. The zero-order chi connectivity index (χ0) is 21.0. The lowest BCUT2D eigenvalue weighted by molar-refractivity contribution is -0.113. The lowest BCUT2D eigenvalue weighted by Gasteiger charge is -2.10. The number of nitrogens with one attached hydrogen (secondary N) is 2. The summed E-state index contributed by atoms with van der Waals surface area (Å²) in [5, 5.41) is 12.2. The first-order chi connectivity index (χ1) is 15.3. The second kappa shape index (κ2) is 8.45. The monoisotopic (exact) mass is 426 g/mol. The highest BCUT2D eigenvalue weighted by Crippen LogP contribution is 2.28. The molecule has 0 aliphatic carbocycles. The quantitative estimate of drug-likeness (QED) is 0.389. The average molecular weight is 427 g/mol. The molecule has 2 heterocycles. The summed E-state index contributed by atoms with van der Waals surface area (Å²) >= 11 is 1.33. The van der Waals surface area contributed by atoms with Gasteiger partial charge in [0.15, 0.2) is 11.0 Å². The number of imidazole rings is 1. The molecule has 5 rings (SSSR count). The Hall–Kier alpha value is -3.91. The van der Waals surface area contributed by atoms with Crippen LogP contribution in [0.15, 0.2) is 90.1 Å². The van der Waals surface area contributed by atoms with Gasteiger partial charge in [0.2, 0.25) is 11.9 Å². The van der Waals surface area contributed by atoms with Crippen molar-refractivity contribution in [2.24, 2.45) is 0 Å². The molecule has 7 nitrogen and oxygen atoms in total. The molecule has 0 bridgehead atoms. The number of aromatic amines is 1. The van der Waals surface area contributed by atoms with E-state index in [-0.39, 0.29) is 11.7 Å². The maximum Gasteiger partial charge on any atom is 0.237 e. The zero-order valence-corrected chi connectivity index (χ0v) is 17.2. The van der Waals surface area contributed by atoms with Gasteiger partial charge in [0.25, 0.3) is 0 Å². The number of rotatable bonds is 6. The van der Waals surface area contributed by atoms with Crippen LogP contribution in [-0.4, -0.2) is 36.4 Å². The number of hydrogen-bond donors (Lipinski definition) is 2. The van der Waals surface area contributed by atoms with Crippen LogP contribution in [0.3, 0.4) is 0 Å². The number of thioether (sulfide) groups is 1. The number of benzene rings is 3. The molecule has 0 fully saturated rings. The van der Waals surface area contributed by atoms with Crippen molar-refractivity contribution in [3.05, 3.63) is 84.9 Å². The van der Waals surface area contributed by atoms with Gasteiger partial charge in [-0.3, -0.25) is 14.7 Å². The average Bonchev–Trinajstić information content (AvgIpc) is 3.42. The maximum absolute atomic E-state index is 12.5. The van der Waals surface area contributed by atoms with Gasteiger partial charge in [0.1, 0.15) is 0 Å². The number of nitrogens with zero attached hydrogens (tertiary/aromatic N) is 4. The predicted molar refractivity (Wildman–Crippen MR) is 122 cm³/mol. The zero-order valence-electron chi connectivity index (χ0n) is 16.4. The largest absolute Gasteiger partial charge is 0.324 e. The first kappa shape index (κ1) is 19.1. The van der Waals surface area contributed by atoms with Crippen molar-refractivity contribution in [3.8, 4) is 17.1 Å². The van der Waals surface area contributed by atoms with Gasteiger partial charge < -0.3 is 4.98 Å². The molecule has 0 saturated heterocycles. The highest BCUT2D eigenvalue weighted by atomic mass is 32.2. The minimum Gasteiger partial charge on any atom is -0.324 e. The standard InChI is InChI=1S/C23H18N6OS/c30-20(26-22-24-18-13-7-8-14-19(18)25-22)15-31-23-28-27-21(16-9-3-1-4-10-16)29(23)17-11-5-2-6-12-17/h1-14H,15H2,(H2,24,25,26,30). The number of para-hydroxylation sites is 3. The Morgan fingerprint density at radius 3 is 2.39 bits per heavy atom. The number of amides is 1. The summed E-state index contributed by atoms with van der Waals surface area (Å²) in [6, 6.07) is 27.4. The SMILES string of the molecule is O=C(CSc1nnc(-c2ccccc2)n1-c1ccccc1)Nc1nc2ccccc2[nH]1. The van der Waals surface area contributed by atoms with Gasteiger partial charge in [-0.05, 0) is 24.3 Å². The van der Waals surface area contributed by atoms with Crippen LogP contribution >= 0.6 is 11.8 Å². The molecule has 0 unspecified atom stereocenters. The van der Waals surface area contributed by atoms with Gasteiger partial charge in [-0.15, -0.1) is 10.2 Å². The third kappa shape index (κ3) is 4.06. The van der Waals surface area contributed by atoms with Crippen LogP contribution in [0.1, 0.15) is 0 Å². The van der Waals surface area contributed by atoms with E-state index in [0.717, 1.165) is 28.1 Å². The van der Waals surface area contributed by atoms with Crippen LogP contribution in [0.25, 0.3) is 28.1 Å². The van der Waals surface area contributed by atoms with Gasteiger partial charge in [-0.2, -0.15) is 0 Å². The van der Waals surface area contributed by atoms with Crippen LogP contribution in [0.5, 0.6) is 0 Å². The molecular formula is C23H18N6OS. The molecule has 152 valence electrons. The highest BCUT2D eigenvalue weighted by molar-refractivity contribution is 7.99. The molecule has 0 aliphatic heterocycles. The number of H-pyrrole nitrogens is 1. The lowest BCUT2D eigenvalue weighted by Crippen LogP contribution is -2.15. The summed E-state index contributed by atoms with van der Waals surface area (Å²) in [5.41, 5.74) is 3.58. The summed E-state index contributed by atoms with van der Waals surface area (Å²) in [6.45, 7) is 0. The number of hydrogen-bond acceptors (Lipinski definition) is 5. The molecule has 0 atom stereocenters. The summed E-state index contributed by atoms with van der Waals surface area (Å²) in [5.74, 6) is 1.16. The third-order valence-corrected chi connectivity index (χ3v) is 5.59. The van der Waals surface area contributed by atoms with Crippen molar-refractivity contribution < 1.29 is 4.79 Å². The molecule has 0 radical (unpaired) electrons. The van der Waals surface area contributed by atoms with Gasteiger partial charge in [0.05, 0.1) is 16.8 Å². The molecule has 0 aliphatic rings. The second-order valence-electron chi connectivity index (χ2n) is 6.78. The first-order valence-electron chi connectivity index (χ1n) is 9.71. The van der Waals surface area contributed by atoms with E-state index in [0.29, 0.717) is 11.1 Å². The van der Waals surface area contributed by atoms with Crippen LogP contribution < -0.4 is 5.32 Å². The molecule has 2 aromatic heterocycles. The molecule has 3 aromatic carbocycles. The summed E-state index contributed by atoms with van der Waals surface area (Å²) in [4.78, 5) is 20.0. The Labute approximate surface area is 182 Å². The first-order valence-corrected chi connectivity index (χ1v) is 10.7. The Kier molecular flexibility index (Phi) is 5.20. The molecule has 1 amide bonds.